The van der Waals surface area contributed by atoms with Gasteiger partial charge >= 0.3 is 5.97 Å². The standard InChI is InChI=1S/C31H58O3/c1-4-6-8-10-12-15-19-23-29(28(3)22-18-14-11-9-7-5-2)24-20-16-13-17-21-25-31(32)34-27-30-26-33-30/h12,15,28-30H,4-11,13-14,16-27H2,1-3H3. The molecule has 34 heavy (non-hydrogen) atoms. The van der Waals surface area contributed by atoms with Crippen molar-refractivity contribution in [1.29, 1.82) is 0 Å². The fraction of sp³-hybridized carbons (Fsp3) is 0.903. The fourth-order valence-corrected chi connectivity index (χ4v) is 4.88. The van der Waals surface area contributed by atoms with Gasteiger partial charge in [-0.1, -0.05) is 123 Å². The van der Waals surface area contributed by atoms with Crippen LogP contribution >= 0.6 is 0 Å². The number of ether oxygens (including phenoxy) is 2. The maximum absolute atomic E-state index is 11.7. The van der Waals surface area contributed by atoms with Crippen molar-refractivity contribution in [2.75, 3.05) is 13.2 Å². The summed E-state index contributed by atoms with van der Waals surface area (Å²) >= 11 is 0. The topological polar surface area (TPSA) is 38.8 Å². The molecule has 3 unspecified atom stereocenters. The van der Waals surface area contributed by atoms with Gasteiger partial charge in [0.1, 0.15) is 12.7 Å². The third-order valence-corrected chi connectivity index (χ3v) is 7.45. The molecule has 3 atom stereocenters. The number of rotatable bonds is 25. The lowest BCUT2D eigenvalue weighted by Crippen LogP contribution is -2.12. The van der Waals surface area contributed by atoms with Crippen molar-refractivity contribution in [2.45, 2.75) is 155 Å². The van der Waals surface area contributed by atoms with Crippen LogP contribution in [0.15, 0.2) is 12.2 Å². The molecule has 0 saturated carbocycles. The number of unbranched alkanes of at least 4 members (excludes halogenated alkanes) is 12. The quantitative estimate of drug-likeness (QED) is 0.0567. The third kappa shape index (κ3) is 19.5. The number of carbonyl (C=O) groups excluding carboxylic acids is 1. The van der Waals surface area contributed by atoms with Crippen molar-refractivity contribution in [3.63, 3.8) is 0 Å². The summed E-state index contributed by atoms with van der Waals surface area (Å²) < 4.78 is 10.3. The van der Waals surface area contributed by atoms with E-state index in [9.17, 15) is 4.79 Å². The van der Waals surface area contributed by atoms with Gasteiger partial charge in [-0.25, -0.2) is 0 Å². The third-order valence-electron chi connectivity index (χ3n) is 7.45. The normalized spacial score (nSPS) is 17.2. The number of allylic oxidation sites excluding steroid dienone is 2. The molecule has 1 rings (SSSR count). The van der Waals surface area contributed by atoms with Crippen molar-refractivity contribution in [2.24, 2.45) is 11.8 Å². The van der Waals surface area contributed by atoms with Crippen LogP contribution in [-0.2, 0) is 14.3 Å². The number of hydrogen-bond donors (Lipinski definition) is 0. The molecule has 0 spiro atoms. The van der Waals surface area contributed by atoms with E-state index in [4.69, 9.17) is 9.47 Å². The molecule has 0 aromatic rings. The van der Waals surface area contributed by atoms with E-state index in [1.165, 1.54) is 109 Å². The first-order chi connectivity index (χ1) is 16.7. The predicted octanol–water partition coefficient (Wildman–Crippen LogP) is 9.58. The molecule has 1 aliphatic heterocycles. The largest absolute Gasteiger partial charge is 0.463 e. The minimum atomic E-state index is -0.0539. The molecule has 1 saturated heterocycles. The van der Waals surface area contributed by atoms with Crippen LogP contribution in [0.5, 0.6) is 0 Å². The second-order valence-electron chi connectivity index (χ2n) is 10.8. The molecule has 0 amide bonds. The molecule has 200 valence electrons. The number of epoxide rings is 1. The molecule has 0 N–H and O–H groups in total. The zero-order valence-corrected chi connectivity index (χ0v) is 23.2. The van der Waals surface area contributed by atoms with Gasteiger partial charge in [0.25, 0.3) is 0 Å². The summed E-state index contributed by atoms with van der Waals surface area (Å²) in [6.07, 6.45) is 30.7. The summed E-state index contributed by atoms with van der Waals surface area (Å²) in [4.78, 5) is 11.7. The van der Waals surface area contributed by atoms with E-state index < -0.39 is 0 Å². The van der Waals surface area contributed by atoms with Crippen LogP contribution in [0.2, 0.25) is 0 Å². The van der Waals surface area contributed by atoms with E-state index >= 15 is 0 Å². The monoisotopic (exact) mass is 478 g/mol. The van der Waals surface area contributed by atoms with Gasteiger partial charge in [-0.15, -0.1) is 0 Å². The maximum Gasteiger partial charge on any atom is 0.305 e. The first-order valence-corrected chi connectivity index (χ1v) is 15.1. The SMILES string of the molecule is CCCCCC=CCCC(CCCCCCCC(=O)OCC1CO1)C(C)CCCCCCCC. The summed E-state index contributed by atoms with van der Waals surface area (Å²) in [7, 11) is 0. The van der Waals surface area contributed by atoms with Crippen LogP contribution < -0.4 is 0 Å². The first kappa shape index (κ1) is 31.2. The van der Waals surface area contributed by atoms with E-state index in [0.29, 0.717) is 13.0 Å². The minimum absolute atomic E-state index is 0.0539. The highest BCUT2D eigenvalue weighted by Crippen LogP contribution is 2.29. The molecule has 0 aromatic heterocycles. The molecule has 0 bridgehead atoms. The zero-order chi connectivity index (χ0) is 24.7. The average molecular weight is 479 g/mol. The Morgan fingerprint density at radius 3 is 2.09 bits per heavy atom. The Morgan fingerprint density at radius 1 is 0.794 bits per heavy atom. The van der Waals surface area contributed by atoms with Crippen molar-refractivity contribution in [3.8, 4) is 0 Å². The zero-order valence-electron chi connectivity index (χ0n) is 23.2. The summed E-state index contributed by atoms with van der Waals surface area (Å²) in [5.74, 6) is 1.67. The Bertz CT molecular complexity index is 483. The van der Waals surface area contributed by atoms with Gasteiger partial charge in [0, 0.05) is 6.42 Å². The van der Waals surface area contributed by atoms with Gasteiger partial charge in [0.05, 0.1) is 6.61 Å². The molecule has 3 heteroatoms. The number of carbonyl (C=O) groups is 1. The molecule has 0 radical (unpaired) electrons. The lowest BCUT2D eigenvalue weighted by atomic mass is 9.82. The second-order valence-corrected chi connectivity index (χ2v) is 10.8. The van der Waals surface area contributed by atoms with E-state index in [1.54, 1.807) is 0 Å². The molecule has 1 aliphatic rings. The van der Waals surface area contributed by atoms with Gasteiger partial charge in [-0.2, -0.15) is 0 Å². The van der Waals surface area contributed by atoms with Crippen molar-refractivity contribution in [3.05, 3.63) is 12.2 Å². The van der Waals surface area contributed by atoms with Gasteiger partial charge < -0.3 is 9.47 Å². The van der Waals surface area contributed by atoms with Gasteiger partial charge in [0.15, 0.2) is 0 Å². The highest BCUT2D eigenvalue weighted by molar-refractivity contribution is 5.69. The molecule has 1 heterocycles. The van der Waals surface area contributed by atoms with Crippen LogP contribution in [0, 0.1) is 11.8 Å². The molecule has 0 aromatic carbocycles. The summed E-state index contributed by atoms with van der Waals surface area (Å²) in [6.45, 7) is 8.29. The van der Waals surface area contributed by atoms with Crippen molar-refractivity contribution >= 4 is 5.97 Å². The predicted molar refractivity (Wildman–Crippen MR) is 146 cm³/mol. The van der Waals surface area contributed by atoms with E-state index in [2.05, 4.69) is 32.9 Å². The summed E-state index contributed by atoms with van der Waals surface area (Å²) in [5, 5.41) is 0. The molecular weight excluding hydrogens is 420 g/mol. The second kappa shape index (κ2) is 22.6. The van der Waals surface area contributed by atoms with Crippen LogP contribution in [0.1, 0.15) is 149 Å². The highest BCUT2D eigenvalue weighted by atomic mass is 16.6. The Balaban J connectivity index is 2.18. The van der Waals surface area contributed by atoms with E-state index in [1.807, 2.05) is 0 Å². The Morgan fingerprint density at radius 2 is 1.38 bits per heavy atom. The van der Waals surface area contributed by atoms with Crippen LogP contribution in [-0.4, -0.2) is 25.3 Å². The van der Waals surface area contributed by atoms with Crippen molar-refractivity contribution in [1.82, 2.24) is 0 Å². The van der Waals surface area contributed by atoms with E-state index in [0.717, 1.165) is 31.3 Å². The highest BCUT2D eigenvalue weighted by Gasteiger charge is 2.24. The van der Waals surface area contributed by atoms with Gasteiger partial charge in [-0.05, 0) is 43.9 Å². The molecule has 1 fully saturated rings. The lowest BCUT2D eigenvalue weighted by molar-refractivity contribution is -0.144. The minimum Gasteiger partial charge on any atom is -0.463 e. The van der Waals surface area contributed by atoms with E-state index in [-0.39, 0.29) is 12.1 Å². The van der Waals surface area contributed by atoms with Crippen LogP contribution in [0.25, 0.3) is 0 Å². The van der Waals surface area contributed by atoms with Crippen LogP contribution in [0.3, 0.4) is 0 Å². The maximum atomic E-state index is 11.7. The van der Waals surface area contributed by atoms with Crippen molar-refractivity contribution < 1.29 is 14.3 Å². The van der Waals surface area contributed by atoms with Gasteiger partial charge in [0.2, 0.25) is 0 Å². The molecule has 0 aliphatic carbocycles. The van der Waals surface area contributed by atoms with Crippen LogP contribution in [0.4, 0.5) is 0 Å². The molecule has 3 nitrogen and oxygen atoms in total. The Hall–Kier alpha value is -0.830. The fourth-order valence-electron chi connectivity index (χ4n) is 4.88. The summed E-state index contributed by atoms with van der Waals surface area (Å²) in [5.41, 5.74) is 0. The average Bonchev–Trinajstić information content (AvgIpc) is 3.67. The number of hydrogen-bond acceptors (Lipinski definition) is 3. The number of esters is 1. The lowest BCUT2D eigenvalue weighted by Gasteiger charge is -2.24. The summed E-state index contributed by atoms with van der Waals surface area (Å²) in [6, 6.07) is 0. The molecular formula is C31H58O3. The Labute approximate surface area is 212 Å². The Kier molecular flexibility index (Phi) is 20.8. The van der Waals surface area contributed by atoms with Gasteiger partial charge in [-0.3, -0.25) is 4.79 Å². The first-order valence-electron chi connectivity index (χ1n) is 15.1. The smallest absolute Gasteiger partial charge is 0.305 e.